The van der Waals surface area contributed by atoms with E-state index in [0.717, 1.165) is 75.0 Å². The summed E-state index contributed by atoms with van der Waals surface area (Å²) in [6.45, 7) is 9.44. The van der Waals surface area contributed by atoms with Gasteiger partial charge in [-0.1, -0.05) is 29.8 Å². The summed E-state index contributed by atoms with van der Waals surface area (Å²) < 4.78 is 2.12. The molecule has 0 unspecified atom stereocenters. The van der Waals surface area contributed by atoms with Gasteiger partial charge in [-0.2, -0.15) is 0 Å². The minimum absolute atomic E-state index is 0.0545. The number of benzene rings is 2. The van der Waals surface area contributed by atoms with Crippen molar-refractivity contribution in [2.45, 2.75) is 39.7 Å². The molecule has 172 valence electrons. The summed E-state index contributed by atoms with van der Waals surface area (Å²) in [7, 11) is 0. The predicted molar refractivity (Wildman–Crippen MR) is 130 cm³/mol. The second kappa shape index (κ2) is 9.45. The summed E-state index contributed by atoms with van der Waals surface area (Å²) >= 11 is 0. The number of carbonyl (C=O) groups excluding carboxylic acids is 1. The van der Waals surface area contributed by atoms with Crippen LogP contribution in [-0.4, -0.2) is 63.2 Å². The lowest BCUT2D eigenvalue weighted by atomic mass is 10.0. The van der Waals surface area contributed by atoms with Gasteiger partial charge >= 0.3 is 0 Å². The summed E-state index contributed by atoms with van der Waals surface area (Å²) in [6.07, 6.45) is 2.87. The molecular weight excluding hydrogens is 412 g/mol. The monoisotopic (exact) mass is 444 g/mol. The molecule has 0 saturated carbocycles. The molecule has 3 aromatic rings. The van der Waals surface area contributed by atoms with E-state index in [0.29, 0.717) is 6.54 Å². The third kappa shape index (κ3) is 4.99. The van der Waals surface area contributed by atoms with Crippen LogP contribution in [0.5, 0.6) is 0 Å². The van der Waals surface area contributed by atoms with Crippen LogP contribution < -0.4 is 5.32 Å². The van der Waals surface area contributed by atoms with E-state index >= 15 is 0 Å². The number of rotatable bonds is 5. The molecule has 2 aliphatic heterocycles. The first-order valence-electron chi connectivity index (χ1n) is 11.9. The van der Waals surface area contributed by atoms with Crippen LogP contribution in [0.15, 0.2) is 42.5 Å². The first-order valence-corrected chi connectivity index (χ1v) is 11.9. The van der Waals surface area contributed by atoms with Crippen molar-refractivity contribution in [2.75, 3.05) is 38.0 Å². The molecule has 1 aromatic heterocycles. The van der Waals surface area contributed by atoms with Gasteiger partial charge in [0.2, 0.25) is 5.91 Å². The first-order chi connectivity index (χ1) is 16.0. The average Bonchev–Trinajstić information content (AvgIpc) is 3.05. The number of nitrogens with one attached hydrogen (secondary N) is 1. The van der Waals surface area contributed by atoms with Crippen LogP contribution in [0.4, 0.5) is 5.69 Å². The van der Waals surface area contributed by atoms with Crippen molar-refractivity contribution in [1.29, 1.82) is 0 Å². The Hall–Kier alpha value is -3.03. The van der Waals surface area contributed by atoms with Crippen LogP contribution in [-0.2, 0) is 24.2 Å². The Bertz CT molecular complexity index is 1140. The maximum Gasteiger partial charge on any atom is 0.238 e. The Morgan fingerprint density at radius 2 is 1.73 bits per heavy atom. The van der Waals surface area contributed by atoms with Gasteiger partial charge in [0.1, 0.15) is 11.6 Å². The highest BCUT2D eigenvalue weighted by Gasteiger charge is 2.21. The molecule has 5 rings (SSSR count). The molecule has 0 radical (unpaired) electrons. The lowest BCUT2D eigenvalue weighted by molar-refractivity contribution is -0.117. The molecule has 3 heterocycles. The minimum Gasteiger partial charge on any atom is -0.325 e. The van der Waals surface area contributed by atoms with Crippen LogP contribution in [0.1, 0.15) is 34.8 Å². The number of aromatic nitrogens is 3. The van der Waals surface area contributed by atoms with Crippen molar-refractivity contribution in [3.8, 4) is 5.69 Å². The highest BCUT2D eigenvalue weighted by Crippen LogP contribution is 2.27. The van der Waals surface area contributed by atoms with E-state index in [1.165, 1.54) is 16.7 Å². The summed E-state index contributed by atoms with van der Waals surface area (Å²) in [5.74, 6) is 1.97. The zero-order valence-electron chi connectivity index (χ0n) is 19.5. The third-order valence-electron chi connectivity index (χ3n) is 6.69. The Kier molecular flexibility index (Phi) is 6.24. The Morgan fingerprint density at radius 1 is 0.939 bits per heavy atom. The fourth-order valence-electron chi connectivity index (χ4n) is 4.91. The van der Waals surface area contributed by atoms with Crippen LogP contribution in [0.2, 0.25) is 0 Å². The van der Waals surface area contributed by atoms with Crippen molar-refractivity contribution < 1.29 is 4.79 Å². The SMILES string of the molecule is Cc1ccc(CN2CCCN(CC(=O)Nc3ccc4c(c3)CCc3nnc(C)n3-4)CC2)cc1. The highest BCUT2D eigenvalue weighted by molar-refractivity contribution is 5.92. The Balaban J connectivity index is 1.15. The molecule has 1 saturated heterocycles. The Morgan fingerprint density at radius 3 is 2.58 bits per heavy atom. The molecule has 0 bridgehead atoms. The number of aryl methyl sites for hydroxylation is 4. The average molecular weight is 445 g/mol. The van der Waals surface area contributed by atoms with Crippen molar-refractivity contribution in [3.05, 3.63) is 70.8 Å². The molecule has 1 amide bonds. The van der Waals surface area contributed by atoms with Crippen molar-refractivity contribution in [2.24, 2.45) is 0 Å². The number of anilines is 1. The first kappa shape index (κ1) is 21.8. The minimum atomic E-state index is 0.0545. The van der Waals surface area contributed by atoms with Gasteiger partial charge in [0, 0.05) is 31.7 Å². The maximum absolute atomic E-state index is 12.8. The van der Waals surface area contributed by atoms with E-state index in [1.54, 1.807) is 0 Å². The van der Waals surface area contributed by atoms with Crippen LogP contribution in [0, 0.1) is 13.8 Å². The summed E-state index contributed by atoms with van der Waals surface area (Å²) in [6, 6.07) is 14.9. The predicted octanol–water partition coefficient (Wildman–Crippen LogP) is 3.13. The number of fused-ring (bicyclic) bond motifs is 3. The number of hydrogen-bond donors (Lipinski definition) is 1. The zero-order valence-corrected chi connectivity index (χ0v) is 19.5. The molecule has 1 fully saturated rings. The van der Waals surface area contributed by atoms with Crippen molar-refractivity contribution in [1.82, 2.24) is 24.6 Å². The van der Waals surface area contributed by atoms with Gasteiger partial charge in [-0.3, -0.25) is 19.2 Å². The molecule has 0 aliphatic carbocycles. The smallest absolute Gasteiger partial charge is 0.238 e. The normalized spacial score (nSPS) is 16.7. The van der Waals surface area contributed by atoms with Gasteiger partial charge in [0.25, 0.3) is 0 Å². The number of amides is 1. The number of nitrogens with zero attached hydrogens (tertiary/aromatic N) is 5. The fourth-order valence-corrected chi connectivity index (χ4v) is 4.91. The molecule has 7 nitrogen and oxygen atoms in total. The number of carbonyl (C=O) groups is 1. The van der Waals surface area contributed by atoms with E-state index in [1.807, 2.05) is 13.0 Å². The topological polar surface area (TPSA) is 66.3 Å². The van der Waals surface area contributed by atoms with E-state index in [9.17, 15) is 4.79 Å². The molecule has 0 atom stereocenters. The number of hydrogen-bond acceptors (Lipinski definition) is 5. The lowest BCUT2D eigenvalue weighted by Crippen LogP contribution is -2.36. The maximum atomic E-state index is 12.8. The van der Waals surface area contributed by atoms with Gasteiger partial charge in [-0.25, -0.2) is 0 Å². The Labute approximate surface area is 195 Å². The summed E-state index contributed by atoms with van der Waals surface area (Å²) in [5, 5.41) is 11.6. The van der Waals surface area contributed by atoms with Crippen LogP contribution >= 0.6 is 0 Å². The molecule has 2 aliphatic rings. The van der Waals surface area contributed by atoms with Gasteiger partial charge in [0.05, 0.1) is 12.2 Å². The molecule has 0 spiro atoms. The van der Waals surface area contributed by atoms with Crippen LogP contribution in [0.25, 0.3) is 5.69 Å². The van der Waals surface area contributed by atoms with Crippen molar-refractivity contribution >= 4 is 11.6 Å². The second-order valence-electron chi connectivity index (χ2n) is 9.28. The van der Waals surface area contributed by atoms with Gasteiger partial charge in [-0.05, 0) is 69.1 Å². The standard InChI is InChI=1S/C26H32N6O/c1-19-4-6-21(7-5-19)17-30-12-3-13-31(15-14-30)18-26(33)27-23-9-10-24-22(16-23)8-11-25-29-28-20(2)32(24)25/h4-7,9-10,16H,3,8,11-15,17-18H2,1-2H3,(H,27,33). The lowest BCUT2D eigenvalue weighted by Gasteiger charge is -2.22. The van der Waals surface area contributed by atoms with Gasteiger partial charge in [-0.15, -0.1) is 10.2 Å². The van der Waals surface area contributed by atoms with Gasteiger partial charge < -0.3 is 5.32 Å². The van der Waals surface area contributed by atoms with Gasteiger partial charge in [0.15, 0.2) is 0 Å². The zero-order chi connectivity index (χ0) is 22.8. The van der Waals surface area contributed by atoms with E-state index < -0.39 is 0 Å². The molecule has 33 heavy (non-hydrogen) atoms. The second-order valence-corrected chi connectivity index (χ2v) is 9.28. The quantitative estimate of drug-likeness (QED) is 0.655. The third-order valence-corrected chi connectivity index (χ3v) is 6.69. The molecule has 1 N–H and O–H groups in total. The van der Waals surface area contributed by atoms with Crippen LogP contribution in [0.3, 0.4) is 0 Å². The van der Waals surface area contributed by atoms with E-state index in [2.05, 4.69) is 73.2 Å². The van der Waals surface area contributed by atoms with E-state index in [-0.39, 0.29) is 5.91 Å². The highest BCUT2D eigenvalue weighted by atomic mass is 16.2. The fraction of sp³-hybridized carbons (Fsp3) is 0.423. The van der Waals surface area contributed by atoms with Crippen molar-refractivity contribution in [3.63, 3.8) is 0 Å². The largest absolute Gasteiger partial charge is 0.325 e. The molecule has 7 heteroatoms. The summed E-state index contributed by atoms with van der Waals surface area (Å²) in [4.78, 5) is 17.6. The summed E-state index contributed by atoms with van der Waals surface area (Å²) in [5.41, 5.74) is 5.86. The molecular formula is C26H32N6O. The van der Waals surface area contributed by atoms with E-state index in [4.69, 9.17) is 0 Å². The molecule has 2 aromatic carbocycles.